The summed E-state index contributed by atoms with van der Waals surface area (Å²) in [6.45, 7) is 8.50. The second kappa shape index (κ2) is 16.7. The van der Waals surface area contributed by atoms with Crippen LogP contribution in [0.3, 0.4) is 0 Å². The number of amides is 1. The van der Waals surface area contributed by atoms with Gasteiger partial charge < -0.3 is 34.8 Å². The number of phenols is 2. The number of nitrogens with one attached hydrogen (secondary N) is 1. The van der Waals surface area contributed by atoms with E-state index in [9.17, 15) is 29.7 Å². The van der Waals surface area contributed by atoms with Crippen LogP contribution in [0.1, 0.15) is 81.3 Å². The number of benzene rings is 3. The number of aryl methyl sites for hydroxylation is 2. The number of thiophene rings is 1. The number of halogens is 1. The number of aliphatic imine (C=N–C) groups is 1. The Morgan fingerprint density at radius 2 is 1.75 bits per heavy atom. The first kappa shape index (κ1) is 43.5. The second-order valence-corrected chi connectivity index (χ2v) is 18.3. The van der Waals surface area contributed by atoms with Gasteiger partial charge in [-0.3, -0.25) is 19.1 Å². The summed E-state index contributed by atoms with van der Waals surface area (Å²) >= 11 is 7.82. The fraction of sp³-hybridized carbons (Fsp3) is 0.271. The van der Waals surface area contributed by atoms with Gasteiger partial charge in [0.05, 0.1) is 41.1 Å². The summed E-state index contributed by atoms with van der Waals surface area (Å²) in [5.41, 5.74) is 6.52. The van der Waals surface area contributed by atoms with Crippen molar-refractivity contribution in [2.45, 2.75) is 71.9 Å². The van der Waals surface area contributed by atoms with Gasteiger partial charge in [0.1, 0.15) is 35.0 Å². The van der Waals surface area contributed by atoms with E-state index in [4.69, 9.17) is 26.3 Å². The van der Waals surface area contributed by atoms with Gasteiger partial charge in [0.25, 0.3) is 5.56 Å². The van der Waals surface area contributed by atoms with Gasteiger partial charge >= 0.3 is 5.97 Å². The summed E-state index contributed by atoms with van der Waals surface area (Å²) in [5, 5.41) is 45.0. The van der Waals surface area contributed by atoms with E-state index in [1.165, 1.54) is 17.0 Å². The number of pyridine rings is 2. The molecule has 10 rings (SSSR count). The van der Waals surface area contributed by atoms with Crippen molar-refractivity contribution in [3.8, 4) is 27.9 Å². The van der Waals surface area contributed by atoms with Crippen LogP contribution < -0.4 is 10.9 Å². The third-order valence-corrected chi connectivity index (χ3v) is 13.6. The summed E-state index contributed by atoms with van der Waals surface area (Å²) < 4.78 is 8.73. The molecule has 0 saturated carbocycles. The van der Waals surface area contributed by atoms with Crippen LogP contribution >= 0.6 is 22.9 Å². The molecule has 3 aromatic carbocycles. The zero-order valence-corrected chi connectivity index (χ0v) is 38.0. The Labute approximate surface area is 382 Å². The van der Waals surface area contributed by atoms with Gasteiger partial charge in [-0.2, -0.15) is 0 Å². The highest BCUT2D eigenvalue weighted by molar-refractivity contribution is 7.15. The monoisotopic (exact) mass is 912 g/mol. The van der Waals surface area contributed by atoms with Crippen molar-refractivity contribution in [3.05, 3.63) is 144 Å². The van der Waals surface area contributed by atoms with E-state index in [1.54, 1.807) is 53.2 Å². The average Bonchev–Trinajstić information content (AvgIpc) is 3.91. The lowest BCUT2D eigenvalue weighted by Crippen LogP contribution is -2.44. The molecule has 0 aliphatic carbocycles. The Hall–Kier alpha value is -6.72. The van der Waals surface area contributed by atoms with Gasteiger partial charge in [0, 0.05) is 55.3 Å². The van der Waals surface area contributed by atoms with Gasteiger partial charge in [-0.1, -0.05) is 30.7 Å². The minimum Gasteiger partial charge on any atom is -0.508 e. The molecule has 3 aliphatic rings. The van der Waals surface area contributed by atoms with Crippen LogP contribution in [0.4, 0.5) is 5.69 Å². The zero-order chi connectivity index (χ0) is 46.1. The maximum Gasteiger partial charge on any atom is 0.343 e. The molecule has 0 bridgehead atoms. The topological polar surface area (TPSA) is 197 Å². The van der Waals surface area contributed by atoms with Crippen molar-refractivity contribution in [1.29, 1.82) is 0 Å². The molecule has 1 unspecified atom stereocenters. The van der Waals surface area contributed by atoms with Crippen molar-refractivity contribution >= 4 is 57.1 Å². The minimum atomic E-state index is -1.84. The summed E-state index contributed by atoms with van der Waals surface area (Å²) in [6, 6.07) is 20.5. The molecular weight excluding hydrogens is 868 g/mol. The predicted molar refractivity (Wildman–Crippen MR) is 248 cm³/mol. The normalized spacial score (nSPS) is 16.9. The highest BCUT2D eigenvalue weighted by Crippen LogP contribution is 2.42. The molecule has 332 valence electrons. The molecule has 7 aromatic rings. The Morgan fingerprint density at radius 1 is 1.02 bits per heavy atom. The minimum absolute atomic E-state index is 0.0864. The number of hydrogen-bond acceptors (Lipinski definition) is 13. The summed E-state index contributed by atoms with van der Waals surface area (Å²) in [6.07, 6.45) is 0.190. The number of esters is 1. The van der Waals surface area contributed by atoms with E-state index in [0.717, 1.165) is 49.7 Å². The quantitative estimate of drug-likeness (QED) is 0.0920. The number of carbonyl (C=O) groups excluding carboxylic acids is 2. The highest BCUT2D eigenvalue weighted by atomic mass is 35.5. The molecule has 2 atom stereocenters. The number of phenolic OH excluding ortho intramolecular Hbond substituents is 2. The van der Waals surface area contributed by atoms with Gasteiger partial charge in [-0.25, -0.2) is 9.78 Å². The van der Waals surface area contributed by atoms with Crippen LogP contribution in [0.5, 0.6) is 11.5 Å². The predicted octanol–water partition coefficient (Wildman–Crippen LogP) is 7.38. The standard InChI is InChI=1S/C25H22ClN5O2S.C23H23N3O5/c1-13-14(2)34-25-22(13)23(16-4-6-17(26)7-5-16)28-20(24-30-29-15(3)31(24)25)12-21(33)27-18-8-10-19(32)11-9-18;1-4-23(30)16-8-18-20-12(9-26(18)21(28)15(16)11-31-22(23)29)7-13-14(10-25(2)3)19(27)6-5-17(13)24-20/h4-11,20,32H,12H2,1-3H3,(H,27,33);5-8,27,30H,4,9-11H2,1-3H3/t;23-/m.0/s1. The van der Waals surface area contributed by atoms with Gasteiger partial charge in [0.2, 0.25) is 5.91 Å². The second-order valence-electron chi connectivity index (χ2n) is 16.7. The zero-order valence-electron chi connectivity index (χ0n) is 36.4. The Kier molecular flexibility index (Phi) is 11.2. The molecule has 17 heteroatoms. The summed E-state index contributed by atoms with van der Waals surface area (Å²) in [4.78, 5) is 51.6. The van der Waals surface area contributed by atoms with Crippen LogP contribution in [-0.4, -0.2) is 76.2 Å². The van der Waals surface area contributed by atoms with Gasteiger partial charge in [-0.15, -0.1) is 21.5 Å². The van der Waals surface area contributed by atoms with Crippen LogP contribution in [0.15, 0.2) is 82.6 Å². The molecular formula is C48H45ClN8O7S. The molecule has 7 heterocycles. The number of aliphatic hydroxyl groups is 1. The lowest BCUT2D eigenvalue weighted by molar-refractivity contribution is -0.172. The maximum absolute atomic E-state index is 13.2. The third-order valence-electron chi connectivity index (χ3n) is 12.1. The maximum atomic E-state index is 13.2. The molecule has 0 radical (unpaired) electrons. The van der Waals surface area contributed by atoms with Crippen molar-refractivity contribution in [1.82, 2.24) is 29.2 Å². The van der Waals surface area contributed by atoms with Crippen LogP contribution in [0, 0.1) is 20.8 Å². The molecule has 4 N–H and O–H groups in total. The number of anilines is 1. The number of rotatable bonds is 7. The lowest BCUT2D eigenvalue weighted by Gasteiger charge is -2.31. The van der Waals surface area contributed by atoms with E-state index >= 15 is 0 Å². The number of aromatic hydroxyl groups is 2. The van der Waals surface area contributed by atoms with E-state index in [0.29, 0.717) is 57.7 Å². The van der Waals surface area contributed by atoms with Crippen molar-refractivity contribution in [3.63, 3.8) is 0 Å². The molecule has 0 saturated heterocycles. The fourth-order valence-corrected chi connectivity index (χ4v) is 9.99. The third kappa shape index (κ3) is 7.65. The average molecular weight is 913 g/mol. The first-order valence-corrected chi connectivity index (χ1v) is 22.2. The van der Waals surface area contributed by atoms with Crippen LogP contribution in [-0.2, 0) is 39.6 Å². The molecule has 3 aliphatic heterocycles. The first-order valence-electron chi connectivity index (χ1n) is 21.0. The first-order chi connectivity index (χ1) is 31.1. The number of aromatic nitrogens is 5. The van der Waals surface area contributed by atoms with Crippen molar-refractivity contribution in [2.75, 3.05) is 19.4 Å². The number of cyclic esters (lactones) is 1. The number of carbonyl (C=O) groups is 2. The van der Waals surface area contributed by atoms with Crippen molar-refractivity contribution < 1.29 is 29.6 Å². The molecule has 1 amide bonds. The van der Waals surface area contributed by atoms with Crippen LogP contribution in [0.2, 0.25) is 5.02 Å². The Balaban J connectivity index is 0.000000165. The molecule has 4 aromatic heterocycles. The van der Waals surface area contributed by atoms with Crippen molar-refractivity contribution in [2.24, 2.45) is 4.99 Å². The summed E-state index contributed by atoms with van der Waals surface area (Å²) in [5.74, 6) is 0.772. The Morgan fingerprint density at radius 3 is 2.46 bits per heavy atom. The van der Waals surface area contributed by atoms with Gasteiger partial charge in [-0.05, 0) is 108 Å². The molecule has 15 nitrogen and oxygen atoms in total. The number of ether oxygens (including phenoxy) is 1. The molecule has 0 fully saturated rings. The fourth-order valence-electron chi connectivity index (χ4n) is 8.65. The molecule has 0 spiro atoms. The largest absolute Gasteiger partial charge is 0.508 e. The van der Waals surface area contributed by atoms with Crippen LogP contribution in [0.25, 0.3) is 27.3 Å². The van der Waals surface area contributed by atoms with E-state index in [1.807, 2.05) is 60.8 Å². The number of nitrogens with zero attached hydrogens (tertiary/aromatic N) is 7. The van der Waals surface area contributed by atoms with Gasteiger partial charge in [0.15, 0.2) is 11.4 Å². The van der Waals surface area contributed by atoms with E-state index in [2.05, 4.69) is 29.4 Å². The highest BCUT2D eigenvalue weighted by Gasteiger charge is 2.45. The molecule has 65 heavy (non-hydrogen) atoms. The Bertz CT molecular complexity index is 3180. The summed E-state index contributed by atoms with van der Waals surface area (Å²) in [7, 11) is 3.86. The lowest BCUT2D eigenvalue weighted by atomic mass is 9.86. The van der Waals surface area contributed by atoms with E-state index in [-0.39, 0.29) is 42.4 Å². The SMILES string of the molecule is CC[C@@]1(O)C(=O)OCc2c1cc1n(c2=O)Cc2cc3c(CN(C)C)c(O)ccc3nc2-1.Cc1sc2c(c1C)C(c1ccc(Cl)cc1)=NC(CC(=O)Nc1ccc(O)cc1)c1nnc(C)n1-2. The smallest absolute Gasteiger partial charge is 0.343 e. The van der Waals surface area contributed by atoms with E-state index < -0.39 is 17.6 Å². The number of fused-ring (bicyclic) bond motifs is 8. The number of hydrogen-bond donors (Lipinski definition) is 4.